The largest absolute Gasteiger partial charge is 0.457 e. The van der Waals surface area contributed by atoms with Crippen molar-refractivity contribution in [1.29, 1.82) is 0 Å². The van der Waals surface area contributed by atoms with E-state index in [1.54, 1.807) is 13.8 Å². The third kappa shape index (κ3) is 11.8. The first-order chi connectivity index (χ1) is 16.9. The Morgan fingerprint density at radius 1 is 0.676 bits per heavy atom. The summed E-state index contributed by atoms with van der Waals surface area (Å²) in [6, 6.07) is 3.85. The number of carbonyl (C=O) groups is 2. The predicted octanol–water partition coefficient (Wildman–Crippen LogP) is 9.59. The minimum absolute atomic E-state index is 0.0629. The van der Waals surface area contributed by atoms with Crippen molar-refractivity contribution in [2.75, 3.05) is 0 Å². The minimum atomic E-state index is -0.265. The summed E-state index contributed by atoms with van der Waals surface area (Å²) in [6.07, 6.45) is 16.1. The monoisotopic (exact) mass is 504 g/mol. The van der Waals surface area contributed by atoms with Crippen LogP contribution < -0.4 is 0 Å². The van der Waals surface area contributed by atoms with Crippen LogP contribution in [-0.2, 0) is 9.59 Å². The highest BCUT2D eigenvalue weighted by Gasteiger charge is 2.22. The van der Waals surface area contributed by atoms with Gasteiger partial charge in [0.25, 0.3) is 0 Å². The van der Waals surface area contributed by atoms with Gasteiger partial charge < -0.3 is 4.42 Å². The molecule has 0 aliphatic rings. The number of allylic oxidation sites excluding steroid dienone is 10. The SMILES string of the molecule is CC(=O)\C(=C/C(=C\c1ccc(/C=C(\C=C(/C(C)=O)C(C)(C)C)/C=C/C(C)C)o1)/C=C/C(C)C)C(C)(C)C. The van der Waals surface area contributed by atoms with Crippen molar-refractivity contribution in [3.05, 3.63) is 82.4 Å². The quantitative estimate of drug-likeness (QED) is 0.235. The molecular formula is C34H48O3. The van der Waals surface area contributed by atoms with Crippen molar-refractivity contribution in [1.82, 2.24) is 0 Å². The van der Waals surface area contributed by atoms with Gasteiger partial charge in [-0.15, -0.1) is 0 Å². The Morgan fingerprint density at radius 3 is 1.24 bits per heavy atom. The molecule has 0 N–H and O–H groups in total. The summed E-state index contributed by atoms with van der Waals surface area (Å²) in [5, 5.41) is 0. The fraction of sp³-hybridized carbons (Fsp3) is 0.471. The number of rotatable bonds is 10. The van der Waals surface area contributed by atoms with Gasteiger partial charge in [-0.25, -0.2) is 0 Å². The van der Waals surface area contributed by atoms with Gasteiger partial charge in [0.15, 0.2) is 11.6 Å². The Labute approximate surface area is 225 Å². The first-order valence-corrected chi connectivity index (χ1v) is 13.3. The molecule has 37 heavy (non-hydrogen) atoms. The highest BCUT2D eigenvalue weighted by Crippen LogP contribution is 2.30. The van der Waals surface area contributed by atoms with Crippen molar-refractivity contribution in [3.8, 4) is 0 Å². The van der Waals surface area contributed by atoms with Gasteiger partial charge in [0.05, 0.1) is 0 Å². The lowest BCUT2D eigenvalue weighted by Gasteiger charge is -2.21. The summed E-state index contributed by atoms with van der Waals surface area (Å²) < 4.78 is 6.16. The second-order valence-corrected chi connectivity index (χ2v) is 12.5. The Kier molecular flexibility index (Phi) is 11.8. The molecule has 0 unspecified atom stereocenters. The van der Waals surface area contributed by atoms with Crippen molar-refractivity contribution in [2.45, 2.75) is 83.1 Å². The molecule has 0 fully saturated rings. The molecule has 0 radical (unpaired) electrons. The molecule has 1 rings (SSSR count). The third-order valence-electron chi connectivity index (χ3n) is 5.61. The average molecular weight is 505 g/mol. The molecule has 3 nitrogen and oxygen atoms in total. The van der Waals surface area contributed by atoms with E-state index in [1.807, 2.05) is 90.1 Å². The highest BCUT2D eigenvalue weighted by molar-refractivity contribution is 5.96. The zero-order valence-corrected chi connectivity index (χ0v) is 25.2. The second-order valence-electron chi connectivity index (χ2n) is 12.5. The lowest BCUT2D eigenvalue weighted by molar-refractivity contribution is -0.115. The van der Waals surface area contributed by atoms with Crippen LogP contribution in [0.4, 0.5) is 0 Å². The van der Waals surface area contributed by atoms with E-state index in [-0.39, 0.29) is 22.4 Å². The van der Waals surface area contributed by atoms with Crippen molar-refractivity contribution in [3.63, 3.8) is 0 Å². The lowest BCUT2D eigenvalue weighted by atomic mass is 9.83. The predicted molar refractivity (Wildman–Crippen MR) is 159 cm³/mol. The lowest BCUT2D eigenvalue weighted by Crippen LogP contribution is -2.16. The first-order valence-electron chi connectivity index (χ1n) is 13.3. The minimum Gasteiger partial charge on any atom is -0.457 e. The molecule has 1 heterocycles. The molecule has 0 atom stereocenters. The molecule has 0 aromatic carbocycles. The van der Waals surface area contributed by atoms with Crippen LogP contribution in [0, 0.1) is 22.7 Å². The normalized spacial score (nSPS) is 15.1. The Balaban J connectivity index is 3.63. The van der Waals surface area contributed by atoms with Crippen LogP contribution in [0.15, 0.2) is 75.3 Å². The van der Waals surface area contributed by atoms with Crippen LogP contribution in [-0.4, -0.2) is 11.6 Å². The van der Waals surface area contributed by atoms with Gasteiger partial charge >= 0.3 is 0 Å². The van der Waals surface area contributed by atoms with E-state index in [0.29, 0.717) is 23.4 Å². The van der Waals surface area contributed by atoms with Gasteiger partial charge in [0.1, 0.15) is 11.5 Å². The first kappa shape index (κ1) is 32.1. The van der Waals surface area contributed by atoms with Gasteiger partial charge in [-0.3, -0.25) is 9.59 Å². The number of hydrogen-bond donors (Lipinski definition) is 0. The van der Waals surface area contributed by atoms with Crippen LogP contribution in [0.3, 0.4) is 0 Å². The fourth-order valence-corrected chi connectivity index (χ4v) is 3.76. The molecule has 202 valence electrons. The Morgan fingerprint density at radius 2 is 1.00 bits per heavy atom. The number of carbonyl (C=O) groups excluding carboxylic acids is 2. The summed E-state index contributed by atoms with van der Waals surface area (Å²) in [4.78, 5) is 24.7. The molecule has 0 spiro atoms. The molecule has 1 aromatic rings. The smallest absolute Gasteiger partial charge is 0.156 e. The maximum absolute atomic E-state index is 12.4. The molecule has 0 bridgehead atoms. The maximum atomic E-state index is 12.4. The standard InChI is InChI=1S/C34H48O3/c1-23(2)13-15-27(21-31(25(5)35)33(7,8)9)19-29-17-18-30(37-29)20-28(16-14-24(3)4)22-32(26(6)36)34(10,11)12/h13-24H,1-12H3/b15-13+,16-14+,27-19-,28-20-,31-21+,32-22+. The van der Waals surface area contributed by atoms with Crippen LogP contribution in [0.5, 0.6) is 0 Å². The van der Waals surface area contributed by atoms with E-state index in [1.165, 1.54) is 0 Å². The molecule has 0 aliphatic heterocycles. The van der Waals surface area contributed by atoms with E-state index < -0.39 is 0 Å². The summed E-state index contributed by atoms with van der Waals surface area (Å²) in [6.45, 7) is 24.0. The summed E-state index contributed by atoms with van der Waals surface area (Å²) in [7, 11) is 0. The van der Waals surface area contributed by atoms with Crippen molar-refractivity contribution in [2.24, 2.45) is 22.7 Å². The van der Waals surface area contributed by atoms with Crippen molar-refractivity contribution < 1.29 is 14.0 Å². The molecular weight excluding hydrogens is 456 g/mol. The molecule has 0 amide bonds. The molecule has 3 heteroatoms. The van der Waals surface area contributed by atoms with E-state index in [0.717, 1.165) is 22.3 Å². The van der Waals surface area contributed by atoms with Crippen LogP contribution in [0.2, 0.25) is 0 Å². The zero-order valence-electron chi connectivity index (χ0n) is 25.2. The second kappa shape index (κ2) is 13.6. The number of Topliss-reactive ketones (excluding diaryl/α,β-unsaturated/α-hetero) is 2. The van der Waals surface area contributed by atoms with Crippen LogP contribution in [0.1, 0.15) is 94.6 Å². The molecule has 1 aromatic heterocycles. The Bertz CT molecular complexity index is 1040. The topological polar surface area (TPSA) is 47.3 Å². The van der Waals surface area contributed by atoms with E-state index in [4.69, 9.17) is 4.42 Å². The molecule has 0 saturated carbocycles. The van der Waals surface area contributed by atoms with E-state index in [2.05, 4.69) is 39.8 Å². The van der Waals surface area contributed by atoms with Gasteiger partial charge in [0.2, 0.25) is 0 Å². The highest BCUT2D eigenvalue weighted by atomic mass is 16.3. The summed E-state index contributed by atoms with van der Waals surface area (Å²) in [5.41, 5.74) is 2.82. The summed E-state index contributed by atoms with van der Waals surface area (Å²) >= 11 is 0. The fourth-order valence-electron chi connectivity index (χ4n) is 3.76. The number of ketones is 2. The van der Waals surface area contributed by atoms with Gasteiger partial charge in [-0.2, -0.15) is 0 Å². The van der Waals surface area contributed by atoms with Gasteiger partial charge in [0, 0.05) is 11.1 Å². The van der Waals surface area contributed by atoms with Gasteiger partial charge in [-0.1, -0.05) is 93.5 Å². The van der Waals surface area contributed by atoms with Crippen molar-refractivity contribution >= 4 is 23.7 Å². The zero-order chi connectivity index (χ0) is 28.6. The van der Waals surface area contributed by atoms with Gasteiger partial charge in [-0.05, 0) is 84.1 Å². The number of furan rings is 1. The van der Waals surface area contributed by atoms with Crippen LogP contribution >= 0.6 is 0 Å². The maximum Gasteiger partial charge on any atom is 0.156 e. The Hall–Kier alpha value is -2.94. The third-order valence-corrected chi connectivity index (χ3v) is 5.61. The van der Waals surface area contributed by atoms with E-state index in [9.17, 15) is 9.59 Å². The molecule has 0 aliphatic carbocycles. The van der Waals surface area contributed by atoms with E-state index >= 15 is 0 Å². The number of hydrogen-bond acceptors (Lipinski definition) is 3. The average Bonchev–Trinajstić information content (AvgIpc) is 3.15. The molecule has 0 saturated heterocycles. The van der Waals surface area contributed by atoms with Crippen LogP contribution in [0.25, 0.3) is 12.2 Å². The summed E-state index contributed by atoms with van der Waals surface area (Å²) in [5.74, 6) is 2.27.